The highest BCUT2D eigenvalue weighted by atomic mass is 35.5. The van der Waals surface area contributed by atoms with E-state index >= 15 is 0 Å². The number of allylic oxidation sites excluding steroid dienone is 2. The summed E-state index contributed by atoms with van der Waals surface area (Å²) in [5.74, 6) is -6.26. The first-order chi connectivity index (χ1) is 20.3. The normalized spacial score (nSPS) is 31.4. The number of methoxy groups -OCH3 is 2. The number of phenols is 1. The predicted molar refractivity (Wildman–Crippen MR) is 152 cm³/mol. The summed E-state index contributed by atoms with van der Waals surface area (Å²) in [6.45, 7) is 0. The molecule has 1 saturated carbocycles. The van der Waals surface area contributed by atoms with Gasteiger partial charge < -0.3 is 14.6 Å². The third-order valence-electron chi connectivity index (χ3n) is 9.15. The standard InChI is InChI=1S/C29H25Cl2N3O9/c1-32-26(38)28(30)12-18-16(23(29(28,31)27(32)39)22-19(42-2)10-15(35)11-20(22)43-3)8-9-17-21(18)25(37)33(24(17)36)13-4-6-14(7-5-13)34(40)41/h4-8,10-11,17-18,21,23,35H,9,12H2,1-3H3. The summed E-state index contributed by atoms with van der Waals surface area (Å²) in [5, 5.41) is 21.5. The lowest BCUT2D eigenvalue weighted by atomic mass is 9.56. The fourth-order valence-corrected chi connectivity index (χ4v) is 8.25. The van der Waals surface area contributed by atoms with E-state index in [-0.39, 0.29) is 47.0 Å². The average molecular weight is 630 g/mol. The molecule has 3 fully saturated rings. The average Bonchev–Trinajstić information content (AvgIpc) is 3.31. The molecule has 12 nitrogen and oxygen atoms in total. The Morgan fingerprint density at radius 2 is 1.58 bits per heavy atom. The van der Waals surface area contributed by atoms with Crippen LogP contribution in [0.3, 0.4) is 0 Å². The molecule has 0 radical (unpaired) electrons. The molecule has 2 saturated heterocycles. The molecule has 0 spiro atoms. The van der Waals surface area contributed by atoms with Crippen LogP contribution < -0.4 is 14.4 Å². The number of likely N-dealkylation sites (tertiary alicyclic amines) is 1. The van der Waals surface area contributed by atoms with Crippen molar-refractivity contribution in [2.45, 2.75) is 28.5 Å². The van der Waals surface area contributed by atoms with Crippen LogP contribution in [0.15, 0.2) is 48.0 Å². The SMILES string of the molecule is COc1cc(O)cc(OC)c1C1C2=CCC3C(=O)N(c4ccc([N+](=O)[O-])cc4)C(=O)C3C2CC2(Cl)C(=O)N(C)C(=O)C12Cl. The van der Waals surface area contributed by atoms with Gasteiger partial charge in [0.25, 0.3) is 17.5 Å². The molecule has 14 heteroatoms. The summed E-state index contributed by atoms with van der Waals surface area (Å²) in [7, 11) is 3.99. The van der Waals surface area contributed by atoms with Gasteiger partial charge in [-0.3, -0.25) is 39.1 Å². The second-order valence-electron chi connectivity index (χ2n) is 11.0. The van der Waals surface area contributed by atoms with Crippen molar-refractivity contribution in [1.29, 1.82) is 0 Å². The van der Waals surface area contributed by atoms with Crippen molar-refractivity contribution in [3.05, 3.63) is 63.7 Å². The zero-order valence-electron chi connectivity index (χ0n) is 23.1. The molecule has 0 bridgehead atoms. The number of imide groups is 2. The number of hydrogen-bond donors (Lipinski definition) is 1. The van der Waals surface area contributed by atoms with Crippen LogP contribution in [0.2, 0.25) is 0 Å². The van der Waals surface area contributed by atoms with Crippen LogP contribution >= 0.6 is 23.2 Å². The predicted octanol–water partition coefficient (Wildman–Crippen LogP) is 3.51. The number of amides is 4. The van der Waals surface area contributed by atoms with Crippen LogP contribution in [-0.2, 0) is 19.2 Å². The second-order valence-corrected chi connectivity index (χ2v) is 12.3. The van der Waals surface area contributed by atoms with Gasteiger partial charge in [0, 0.05) is 42.8 Å². The number of alkyl halides is 2. The Hall–Kier alpha value is -4.16. The van der Waals surface area contributed by atoms with Gasteiger partial charge >= 0.3 is 0 Å². The first-order valence-electron chi connectivity index (χ1n) is 13.3. The fourth-order valence-electron chi connectivity index (χ4n) is 7.25. The molecule has 6 atom stereocenters. The lowest BCUT2D eigenvalue weighted by Crippen LogP contribution is -2.60. The summed E-state index contributed by atoms with van der Waals surface area (Å²) < 4.78 is 11.2. The topological polar surface area (TPSA) is 157 Å². The van der Waals surface area contributed by atoms with Crippen LogP contribution in [0, 0.1) is 27.9 Å². The number of nitro groups is 1. The highest BCUT2D eigenvalue weighted by Crippen LogP contribution is 2.67. The van der Waals surface area contributed by atoms with E-state index in [0.29, 0.717) is 5.57 Å². The van der Waals surface area contributed by atoms with Gasteiger partial charge in [0.05, 0.1) is 36.7 Å². The van der Waals surface area contributed by atoms with E-state index in [1.165, 1.54) is 57.7 Å². The molecule has 2 aromatic rings. The van der Waals surface area contributed by atoms with Crippen molar-refractivity contribution in [3.63, 3.8) is 0 Å². The number of ether oxygens (including phenoxy) is 2. The molecule has 6 unspecified atom stereocenters. The number of fused-ring (bicyclic) bond motifs is 4. The van der Waals surface area contributed by atoms with Crippen molar-refractivity contribution in [2.24, 2.45) is 17.8 Å². The fraction of sp³-hybridized carbons (Fsp3) is 0.379. The number of non-ortho nitro benzene ring substituents is 1. The maximum absolute atomic E-state index is 14.1. The monoisotopic (exact) mass is 629 g/mol. The number of nitrogens with zero attached hydrogens (tertiary/aromatic N) is 3. The van der Waals surface area contributed by atoms with E-state index in [1.807, 2.05) is 0 Å². The Morgan fingerprint density at radius 3 is 2.14 bits per heavy atom. The largest absolute Gasteiger partial charge is 0.508 e. The number of anilines is 1. The summed E-state index contributed by atoms with van der Waals surface area (Å²) in [5.41, 5.74) is 0.729. The summed E-state index contributed by atoms with van der Waals surface area (Å²) in [6.07, 6.45) is 1.65. The van der Waals surface area contributed by atoms with Crippen molar-refractivity contribution in [1.82, 2.24) is 4.90 Å². The number of benzene rings is 2. The van der Waals surface area contributed by atoms with Gasteiger partial charge in [-0.05, 0) is 30.9 Å². The van der Waals surface area contributed by atoms with Crippen molar-refractivity contribution < 1.29 is 38.7 Å². The van der Waals surface area contributed by atoms with Gasteiger partial charge in [-0.2, -0.15) is 0 Å². The number of rotatable bonds is 5. The molecule has 6 rings (SSSR count). The highest BCUT2D eigenvalue weighted by Gasteiger charge is 2.76. The van der Waals surface area contributed by atoms with Gasteiger partial charge in [0.1, 0.15) is 17.2 Å². The highest BCUT2D eigenvalue weighted by molar-refractivity contribution is 6.53. The minimum Gasteiger partial charge on any atom is -0.508 e. The number of carbonyl (C=O) groups is 4. The van der Waals surface area contributed by atoms with E-state index in [0.717, 1.165) is 9.80 Å². The lowest BCUT2D eigenvalue weighted by molar-refractivity contribution is -0.384. The number of aromatic hydroxyl groups is 1. The zero-order chi connectivity index (χ0) is 31.2. The van der Waals surface area contributed by atoms with Crippen LogP contribution in [0.25, 0.3) is 0 Å². The summed E-state index contributed by atoms with van der Waals surface area (Å²) >= 11 is 14.4. The maximum atomic E-state index is 14.1. The van der Waals surface area contributed by atoms with E-state index in [9.17, 15) is 34.4 Å². The molecule has 43 heavy (non-hydrogen) atoms. The molecule has 0 aromatic heterocycles. The molecule has 2 aliphatic heterocycles. The van der Waals surface area contributed by atoms with Gasteiger partial charge in [-0.1, -0.05) is 11.6 Å². The number of hydrogen-bond acceptors (Lipinski definition) is 9. The molecule has 4 aliphatic rings. The first-order valence-corrected chi connectivity index (χ1v) is 14.0. The quantitative estimate of drug-likeness (QED) is 0.172. The molecule has 224 valence electrons. The minimum atomic E-state index is -2.07. The molecule has 1 N–H and O–H groups in total. The maximum Gasteiger partial charge on any atom is 0.269 e. The lowest BCUT2D eigenvalue weighted by Gasteiger charge is -2.51. The molecular weight excluding hydrogens is 605 g/mol. The van der Waals surface area contributed by atoms with Gasteiger partial charge in [-0.15, -0.1) is 23.2 Å². The third kappa shape index (κ3) is 3.69. The Morgan fingerprint density at radius 1 is 0.977 bits per heavy atom. The molecule has 2 aliphatic carbocycles. The number of halogens is 2. The van der Waals surface area contributed by atoms with Crippen molar-refractivity contribution >= 4 is 58.2 Å². The Kier molecular flexibility index (Phi) is 6.51. The van der Waals surface area contributed by atoms with Crippen LogP contribution in [0.4, 0.5) is 11.4 Å². The summed E-state index contributed by atoms with van der Waals surface area (Å²) in [6, 6.07) is 7.70. The number of carbonyl (C=O) groups excluding carboxylic acids is 4. The Balaban J connectivity index is 1.54. The molecule has 2 heterocycles. The summed E-state index contributed by atoms with van der Waals surface area (Å²) in [4.78, 5) is 63.5. The van der Waals surface area contributed by atoms with E-state index in [2.05, 4.69) is 0 Å². The third-order valence-corrected chi connectivity index (χ3v) is 10.6. The molecule has 2 aromatic carbocycles. The first kappa shape index (κ1) is 28.9. The van der Waals surface area contributed by atoms with Crippen LogP contribution in [0.1, 0.15) is 24.3 Å². The van der Waals surface area contributed by atoms with Gasteiger partial charge in [-0.25, -0.2) is 0 Å². The minimum absolute atomic E-state index is 0.112. The number of nitro benzene ring substituents is 1. The van der Waals surface area contributed by atoms with E-state index in [4.69, 9.17) is 32.7 Å². The second kappa shape index (κ2) is 9.68. The van der Waals surface area contributed by atoms with Gasteiger partial charge in [0.15, 0.2) is 9.75 Å². The molecular formula is C29H25Cl2N3O9. The van der Waals surface area contributed by atoms with E-state index < -0.39 is 62.0 Å². The smallest absolute Gasteiger partial charge is 0.269 e. The van der Waals surface area contributed by atoms with Crippen LogP contribution in [-0.4, -0.2) is 69.6 Å². The molecule has 4 amide bonds. The van der Waals surface area contributed by atoms with Crippen molar-refractivity contribution in [2.75, 3.05) is 26.2 Å². The number of phenolic OH excluding ortho intramolecular Hbond substituents is 1. The Labute approximate surface area is 254 Å². The van der Waals surface area contributed by atoms with E-state index in [1.54, 1.807) is 6.08 Å². The van der Waals surface area contributed by atoms with Gasteiger partial charge in [0.2, 0.25) is 11.8 Å². The Bertz CT molecular complexity index is 1640. The van der Waals surface area contributed by atoms with Crippen molar-refractivity contribution in [3.8, 4) is 17.2 Å². The zero-order valence-corrected chi connectivity index (χ0v) is 24.6. The van der Waals surface area contributed by atoms with Crippen LogP contribution in [0.5, 0.6) is 17.2 Å².